The van der Waals surface area contributed by atoms with Crippen molar-refractivity contribution in [2.24, 2.45) is 5.73 Å². The van der Waals surface area contributed by atoms with Crippen LogP contribution in [-0.2, 0) is 11.2 Å². The Morgan fingerprint density at radius 1 is 1.32 bits per heavy atom. The van der Waals surface area contributed by atoms with Gasteiger partial charge >= 0.3 is 0 Å². The minimum absolute atomic E-state index is 0.0793. The van der Waals surface area contributed by atoms with Crippen molar-refractivity contribution in [1.29, 1.82) is 0 Å². The first-order valence-electron chi connectivity index (χ1n) is 6.98. The number of nitrogens with two attached hydrogens (primary N) is 1. The molecule has 1 aromatic rings. The number of hydrogen-bond acceptors (Lipinski definition) is 3. The summed E-state index contributed by atoms with van der Waals surface area (Å²) in [5.41, 5.74) is 6.43. The lowest BCUT2D eigenvalue weighted by Crippen LogP contribution is -2.36. The average Bonchev–Trinajstić information content (AvgIpc) is 2.47. The summed E-state index contributed by atoms with van der Waals surface area (Å²) in [6.07, 6.45) is 1.87. The highest BCUT2D eigenvalue weighted by Gasteiger charge is 2.47. The molecule has 1 heterocycles. The van der Waals surface area contributed by atoms with Crippen LogP contribution in [0.15, 0.2) is 24.3 Å². The molecule has 1 atom stereocenters. The van der Waals surface area contributed by atoms with Gasteiger partial charge < -0.3 is 15.2 Å². The first-order chi connectivity index (χ1) is 8.82. The van der Waals surface area contributed by atoms with Crippen molar-refractivity contribution in [3.05, 3.63) is 29.8 Å². The molecule has 1 aliphatic rings. The second kappa shape index (κ2) is 5.14. The van der Waals surface area contributed by atoms with E-state index in [0.29, 0.717) is 6.54 Å². The van der Waals surface area contributed by atoms with E-state index in [1.807, 2.05) is 12.1 Å². The van der Waals surface area contributed by atoms with Gasteiger partial charge in [-0.15, -0.1) is 0 Å². The Labute approximate surface area is 116 Å². The lowest BCUT2D eigenvalue weighted by molar-refractivity contribution is -0.0846. The van der Waals surface area contributed by atoms with E-state index >= 15 is 0 Å². The van der Waals surface area contributed by atoms with Crippen LogP contribution in [0.1, 0.15) is 39.7 Å². The topological polar surface area (TPSA) is 44.5 Å². The Bertz CT molecular complexity index is 440. The fourth-order valence-electron chi connectivity index (χ4n) is 2.80. The lowest BCUT2D eigenvalue weighted by Gasteiger charge is -2.27. The van der Waals surface area contributed by atoms with Crippen LogP contribution in [0.2, 0.25) is 0 Å². The minimum Gasteiger partial charge on any atom is -0.487 e. The fraction of sp³-hybridized carbons (Fsp3) is 0.625. The Balaban J connectivity index is 2.11. The van der Waals surface area contributed by atoms with Crippen LogP contribution >= 0.6 is 0 Å². The molecule has 0 spiro atoms. The lowest BCUT2D eigenvalue weighted by atomic mass is 9.97. The number of benzene rings is 1. The zero-order valence-corrected chi connectivity index (χ0v) is 12.4. The molecule has 0 radical (unpaired) electrons. The number of hydrogen-bond donors (Lipinski definition) is 1. The summed E-state index contributed by atoms with van der Waals surface area (Å²) in [4.78, 5) is 0. The summed E-state index contributed by atoms with van der Waals surface area (Å²) in [5, 5.41) is 0. The molecule has 3 heteroatoms. The molecule has 1 fully saturated rings. The van der Waals surface area contributed by atoms with Crippen molar-refractivity contribution in [3.63, 3.8) is 0 Å². The largest absolute Gasteiger partial charge is 0.487 e. The van der Waals surface area contributed by atoms with Gasteiger partial charge in [-0.05, 0) is 58.4 Å². The van der Waals surface area contributed by atoms with E-state index in [2.05, 4.69) is 39.8 Å². The van der Waals surface area contributed by atoms with Crippen LogP contribution in [0.4, 0.5) is 0 Å². The SMILES string of the molecule is CC1(C)CC(Oc2cccc(CCN)c2)C(C)(C)O1. The van der Waals surface area contributed by atoms with E-state index in [-0.39, 0.29) is 17.3 Å². The highest BCUT2D eigenvalue weighted by molar-refractivity contribution is 5.29. The highest BCUT2D eigenvalue weighted by Crippen LogP contribution is 2.39. The highest BCUT2D eigenvalue weighted by atomic mass is 16.6. The third-order valence-corrected chi connectivity index (χ3v) is 3.60. The first-order valence-corrected chi connectivity index (χ1v) is 6.98. The molecule has 0 aliphatic carbocycles. The Morgan fingerprint density at radius 3 is 2.63 bits per heavy atom. The van der Waals surface area contributed by atoms with Crippen LogP contribution in [0.25, 0.3) is 0 Å². The third kappa shape index (κ3) is 3.48. The Kier molecular flexibility index (Phi) is 3.88. The van der Waals surface area contributed by atoms with Gasteiger partial charge in [-0.1, -0.05) is 12.1 Å². The molecule has 1 aromatic carbocycles. The zero-order chi connectivity index (χ0) is 14.1. The van der Waals surface area contributed by atoms with Crippen molar-refractivity contribution in [3.8, 4) is 5.75 Å². The van der Waals surface area contributed by atoms with Crippen LogP contribution in [0.5, 0.6) is 5.75 Å². The zero-order valence-electron chi connectivity index (χ0n) is 12.4. The maximum Gasteiger partial charge on any atom is 0.130 e. The molecule has 0 bridgehead atoms. The number of rotatable bonds is 4. The molecule has 0 amide bonds. The Morgan fingerprint density at radius 2 is 2.05 bits per heavy atom. The predicted octanol–water partition coefficient (Wildman–Crippen LogP) is 2.91. The van der Waals surface area contributed by atoms with E-state index in [9.17, 15) is 0 Å². The van der Waals surface area contributed by atoms with Crippen molar-refractivity contribution >= 4 is 0 Å². The molecule has 3 nitrogen and oxygen atoms in total. The monoisotopic (exact) mass is 263 g/mol. The second-order valence-electron chi connectivity index (χ2n) is 6.46. The molecule has 1 unspecified atom stereocenters. The van der Waals surface area contributed by atoms with Gasteiger partial charge in [0.1, 0.15) is 17.5 Å². The quantitative estimate of drug-likeness (QED) is 0.908. The molecule has 106 valence electrons. The van der Waals surface area contributed by atoms with Crippen LogP contribution in [0, 0.1) is 0 Å². The van der Waals surface area contributed by atoms with Gasteiger partial charge in [0.05, 0.1) is 5.60 Å². The molecule has 19 heavy (non-hydrogen) atoms. The van der Waals surface area contributed by atoms with E-state index in [1.54, 1.807) is 0 Å². The molecular formula is C16H25NO2. The molecule has 1 aliphatic heterocycles. The van der Waals surface area contributed by atoms with E-state index in [1.165, 1.54) is 5.56 Å². The van der Waals surface area contributed by atoms with Gasteiger partial charge in [-0.2, -0.15) is 0 Å². The van der Waals surface area contributed by atoms with Crippen LogP contribution in [0.3, 0.4) is 0 Å². The first kappa shape index (κ1) is 14.4. The predicted molar refractivity (Wildman–Crippen MR) is 77.5 cm³/mol. The molecule has 0 saturated carbocycles. The molecule has 0 aromatic heterocycles. The van der Waals surface area contributed by atoms with Gasteiger partial charge in [0, 0.05) is 6.42 Å². The van der Waals surface area contributed by atoms with Crippen LogP contribution in [-0.4, -0.2) is 23.9 Å². The van der Waals surface area contributed by atoms with E-state index < -0.39 is 0 Å². The summed E-state index contributed by atoms with van der Waals surface area (Å²) in [6.45, 7) is 9.08. The average molecular weight is 263 g/mol. The van der Waals surface area contributed by atoms with Gasteiger partial charge in [-0.25, -0.2) is 0 Å². The van der Waals surface area contributed by atoms with Crippen molar-refractivity contribution in [1.82, 2.24) is 0 Å². The van der Waals surface area contributed by atoms with Crippen molar-refractivity contribution < 1.29 is 9.47 Å². The summed E-state index contributed by atoms with van der Waals surface area (Å²) in [6, 6.07) is 8.18. The molecule has 2 rings (SSSR count). The van der Waals surface area contributed by atoms with E-state index in [0.717, 1.165) is 18.6 Å². The minimum atomic E-state index is -0.257. The van der Waals surface area contributed by atoms with Crippen molar-refractivity contribution in [2.45, 2.75) is 57.8 Å². The maximum absolute atomic E-state index is 6.15. The molecule has 2 N–H and O–H groups in total. The fourth-order valence-corrected chi connectivity index (χ4v) is 2.80. The van der Waals surface area contributed by atoms with Gasteiger partial charge in [0.2, 0.25) is 0 Å². The normalized spacial score (nSPS) is 24.4. The Hall–Kier alpha value is -1.06. The van der Waals surface area contributed by atoms with Crippen molar-refractivity contribution in [2.75, 3.05) is 6.54 Å². The summed E-state index contributed by atoms with van der Waals surface area (Å²) < 4.78 is 12.2. The van der Waals surface area contributed by atoms with Gasteiger partial charge in [0.15, 0.2) is 0 Å². The number of ether oxygens (including phenoxy) is 2. The van der Waals surface area contributed by atoms with E-state index in [4.69, 9.17) is 15.2 Å². The molecular weight excluding hydrogens is 238 g/mol. The summed E-state index contributed by atoms with van der Waals surface area (Å²) in [5.74, 6) is 0.908. The third-order valence-electron chi connectivity index (χ3n) is 3.60. The summed E-state index contributed by atoms with van der Waals surface area (Å²) >= 11 is 0. The van der Waals surface area contributed by atoms with Gasteiger partial charge in [-0.3, -0.25) is 0 Å². The van der Waals surface area contributed by atoms with Gasteiger partial charge in [0.25, 0.3) is 0 Å². The standard InChI is InChI=1S/C16H25NO2/c1-15(2)11-14(16(3,4)19-15)18-13-7-5-6-12(10-13)8-9-17/h5-7,10,14H,8-9,11,17H2,1-4H3. The summed E-state index contributed by atoms with van der Waals surface area (Å²) in [7, 11) is 0. The second-order valence-corrected chi connectivity index (χ2v) is 6.46. The maximum atomic E-state index is 6.15. The van der Waals surface area contributed by atoms with Crippen LogP contribution < -0.4 is 10.5 Å². The molecule has 1 saturated heterocycles. The smallest absolute Gasteiger partial charge is 0.130 e.